The van der Waals surface area contributed by atoms with Gasteiger partial charge in [-0.15, -0.1) is 0 Å². The van der Waals surface area contributed by atoms with Gasteiger partial charge in [0.25, 0.3) is 11.5 Å². The number of nitrogens with zero attached hydrogens (tertiary/aromatic N) is 3. The highest BCUT2D eigenvalue weighted by Crippen LogP contribution is 2.25. The van der Waals surface area contributed by atoms with Gasteiger partial charge in [-0.3, -0.25) is 14.7 Å². The number of nitrogens with two attached hydrogens (primary N) is 1. The molecule has 3 N–H and O–H groups in total. The number of primary amides is 1. The van der Waals surface area contributed by atoms with Crippen LogP contribution in [0.3, 0.4) is 0 Å². The van der Waals surface area contributed by atoms with E-state index in [-0.39, 0.29) is 16.8 Å². The highest BCUT2D eigenvalue weighted by atomic mass is 16.5. The van der Waals surface area contributed by atoms with Crippen LogP contribution in [0.5, 0.6) is 0 Å². The SMILES string of the molecule is Cc1noc2ccc(-c3cc(=O)n4[nH]cc(C(N)=O)c4n3)cc12. The Morgan fingerprint density at radius 1 is 1.35 bits per heavy atom. The average Bonchev–Trinajstić information content (AvgIpc) is 3.11. The van der Waals surface area contributed by atoms with Crippen molar-refractivity contribution in [3.63, 3.8) is 0 Å². The van der Waals surface area contributed by atoms with Crippen molar-refractivity contribution in [3.8, 4) is 11.3 Å². The zero-order valence-corrected chi connectivity index (χ0v) is 12.0. The van der Waals surface area contributed by atoms with Crippen LogP contribution in [0.2, 0.25) is 0 Å². The van der Waals surface area contributed by atoms with Gasteiger partial charge in [0.05, 0.1) is 11.4 Å². The van der Waals surface area contributed by atoms with Crippen molar-refractivity contribution in [1.29, 1.82) is 0 Å². The first-order chi connectivity index (χ1) is 11.0. The lowest BCUT2D eigenvalue weighted by Crippen LogP contribution is -2.16. The van der Waals surface area contributed by atoms with E-state index in [1.54, 1.807) is 12.1 Å². The molecule has 1 aromatic carbocycles. The third kappa shape index (κ3) is 1.92. The van der Waals surface area contributed by atoms with Gasteiger partial charge < -0.3 is 10.3 Å². The van der Waals surface area contributed by atoms with Crippen molar-refractivity contribution in [3.05, 3.63) is 52.1 Å². The van der Waals surface area contributed by atoms with Crippen LogP contribution in [0.1, 0.15) is 16.1 Å². The number of aromatic nitrogens is 4. The van der Waals surface area contributed by atoms with Crippen molar-refractivity contribution >= 4 is 22.5 Å². The average molecular weight is 309 g/mol. The lowest BCUT2D eigenvalue weighted by molar-refractivity contribution is 0.100. The van der Waals surface area contributed by atoms with Crippen molar-refractivity contribution in [2.24, 2.45) is 5.73 Å². The predicted octanol–water partition coefficient (Wildman–Crippen LogP) is 1.24. The molecule has 0 bridgehead atoms. The third-order valence-electron chi connectivity index (χ3n) is 3.71. The Morgan fingerprint density at radius 2 is 2.17 bits per heavy atom. The van der Waals surface area contributed by atoms with E-state index < -0.39 is 5.91 Å². The fourth-order valence-corrected chi connectivity index (χ4v) is 2.53. The summed E-state index contributed by atoms with van der Waals surface area (Å²) < 4.78 is 6.34. The third-order valence-corrected chi connectivity index (χ3v) is 3.71. The maximum absolute atomic E-state index is 12.2. The van der Waals surface area contributed by atoms with Gasteiger partial charge in [0.15, 0.2) is 11.2 Å². The number of carbonyl (C=O) groups excluding carboxylic acids is 1. The zero-order chi connectivity index (χ0) is 16.1. The largest absolute Gasteiger partial charge is 0.365 e. The standard InChI is InChI=1S/C15H11N5O3/c1-7-9-4-8(2-3-12(9)23-19-7)11-5-13(21)20-15(18-11)10(6-17-20)14(16)22/h2-6,17H,1H3,(H2,16,22). The number of rotatable bonds is 2. The van der Waals surface area contributed by atoms with Gasteiger partial charge in [-0.2, -0.15) is 0 Å². The molecule has 0 aliphatic heterocycles. The number of H-pyrrole nitrogens is 1. The summed E-state index contributed by atoms with van der Waals surface area (Å²) in [5.74, 6) is -0.655. The molecule has 3 heterocycles. The molecule has 0 unspecified atom stereocenters. The number of nitrogens with one attached hydrogen (secondary N) is 1. The fourth-order valence-electron chi connectivity index (χ4n) is 2.53. The molecule has 8 nitrogen and oxygen atoms in total. The van der Waals surface area contributed by atoms with Crippen LogP contribution in [0.15, 0.2) is 39.8 Å². The van der Waals surface area contributed by atoms with Gasteiger partial charge in [0.1, 0.15) is 5.56 Å². The van der Waals surface area contributed by atoms with Crippen LogP contribution in [0, 0.1) is 6.92 Å². The van der Waals surface area contributed by atoms with E-state index in [1.807, 2.05) is 13.0 Å². The fraction of sp³-hybridized carbons (Fsp3) is 0.0667. The molecule has 8 heteroatoms. The summed E-state index contributed by atoms with van der Waals surface area (Å²) >= 11 is 0. The number of amides is 1. The molecule has 3 aromatic heterocycles. The molecule has 0 atom stereocenters. The summed E-state index contributed by atoms with van der Waals surface area (Å²) in [6.07, 6.45) is 1.36. The minimum absolute atomic E-state index is 0.159. The first kappa shape index (κ1) is 13.3. The smallest absolute Gasteiger partial charge is 0.273 e. The summed E-state index contributed by atoms with van der Waals surface area (Å²) in [5, 5.41) is 7.41. The molecule has 0 saturated carbocycles. The molecular formula is C15H11N5O3. The molecule has 4 aromatic rings. The second-order valence-electron chi connectivity index (χ2n) is 5.17. The molecule has 0 radical (unpaired) electrons. The number of fused-ring (bicyclic) bond motifs is 2. The molecule has 0 spiro atoms. The lowest BCUT2D eigenvalue weighted by atomic mass is 10.1. The number of benzene rings is 1. The van der Waals surface area contributed by atoms with Crippen LogP contribution >= 0.6 is 0 Å². The van der Waals surface area contributed by atoms with Crippen LogP contribution in [0.4, 0.5) is 0 Å². The number of carbonyl (C=O) groups is 1. The Hall–Kier alpha value is -3.42. The first-order valence-electron chi connectivity index (χ1n) is 6.82. The van der Waals surface area contributed by atoms with Crippen molar-refractivity contribution in [1.82, 2.24) is 19.8 Å². The van der Waals surface area contributed by atoms with Crippen LogP contribution < -0.4 is 11.3 Å². The van der Waals surface area contributed by atoms with E-state index in [9.17, 15) is 9.59 Å². The second-order valence-corrected chi connectivity index (χ2v) is 5.17. The van der Waals surface area contributed by atoms with Crippen molar-refractivity contribution in [2.75, 3.05) is 0 Å². The number of aryl methyl sites for hydroxylation is 1. The minimum Gasteiger partial charge on any atom is -0.365 e. The topological polar surface area (TPSA) is 119 Å². The van der Waals surface area contributed by atoms with E-state index in [0.717, 1.165) is 16.6 Å². The van der Waals surface area contributed by atoms with Gasteiger partial charge >= 0.3 is 0 Å². The van der Waals surface area contributed by atoms with E-state index in [0.29, 0.717) is 11.3 Å². The summed E-state index contributed by atoms with van der Waals surface area (Å²) in [5.41, 5.74) is 7.90. The molecule has 1 amide bonds. The van der Waals surface area contributed by atoms with Gasteiger partial charge in [0.2, 0.25) is 0 Å². The van der Waals surface area contributed by atoms with Gasteiger partial charge in [-0.1, -0.05) is 5.16 Å². The molecule has 23 heavy (non-hydrogen) atoms. The van der Waals surface area contributed by atoms with Gasteiger partial charge in [-0.05, 0) is 25.1 Å². The Balaban J connectivity index is 1.99. The van der Waals surface area contributed by atoms with Gasteiger partial charge in [0, 0.05) is 23.2 Å². The molecule has 0 aliphatic carbocycles. The Labute approximate surface area is 128 Å². The van der Waals surface area contributed by atoms with Crippen LogP contribution in [-0.4, -0.2) is 25.7 Å². The molecular weight excluding hydrogens is 298 g/mol. The monoisotopic (exact) mass is 309 g/mol. The normalized spacial score (nSPS) is 11.3. The zero-order valence-electron chi connectivity index (χ0n) is 12.0. The van der Waals surface area contributed by atoms with Crippen molar-refractivity contribution in [2.45, 2.75) is 6.92 Å². The number of aromatic amines is 1. The first-order valence-corrected chi connectivity index (χ1v) is 6.82. The van der Waals surface area contributed by atoms with E-state index in [2.05, 4.69) is 15.2 Å². The second kappa shape index (κ2) is 4.54. The minimum atomic E-state index is -0.655. The van der Waals surface area contributed by atoms with Crippen LogP contribution in [-0.2, 0) is 0 Å². The molecule has 0 saturated heterocycles. The summed E-state index contributed by atoms with van der Waals surface area (Å²) in [6, 6.07) is 6.77. The molecule has 0 aliphatic rings. The van der Waals surface area contributed by atoms with Crippen molar-refractivity contribution < 1.29 is 9.32 Å². The van der Waals surface area contributed by atoms with E-state index in [4.69, 9.17) is 10.3 Å². The summed E-state index contributed by atoms with van der Waals surface area (Å²) in [4.78, 5) is 28.0. The quantitative estimate of drug-likeness (QED) is 0.577. The lowest BCUT2D eigenvalue weighted by Gasteiger charge is -2.02. The highest BCUT2D eigenvalue weighted by molar-refractivity contribution is 5.98. The highest BCUT2D eigenvalue weighted by Gasteiger charge is 2.14. The molecule has 4 rings (SSSR count). The molecule has 0 fully saturated rings. The number of hydrogen-bond donors (Lipinski definition) is 2. The maximum atomic E-state index is 12.2. The van der Waals surface area contributed by atoms with Gasteiger partial charge in [-0.25, -0.2) is 9.50 Å². The van der Waals surface area contributed by atoms with E-state index >= 15 is 0 Å². The number of hydrogen-bond acceptors (Lipinski definition) is 5. The Bertz CT molecular complexity index is 1140. The maximum Gasteiger partial charge on any atom is 0.273 e. The van der Waals surface area contributed by atoms with Crippen LogP contribution in [0.25, 0.3) is 27.9 Å². The Morgan fingerprint density at radius 3 is 2.96 bits per heavy atom. The summed E-state index contributed by atoms with van der Waals surface area (Å²) in [7, 11) is 0. The predicted molar refractivity (Wildman–Crippen MR) is 82.1 cm³/mol. The van der Waals surface area contributed by atoms with E-state index in [1.165, 1.54) is 16.8 Å². The molecule has 114 valence electrons. The summed E-state index contributed by atoms with van der Waals surface area (Å²) in [6.45, 7) is 1.83. The Kier molecular flexibility index (Phi) is 2.61.